The molecule has 0 aliphatic carbocycles. The van der Waals surface area contributed by atoms with Crippen molar-refractivity contribution in [2.45, 2.75) is 13.1 Å². The van der Waals surface area contributed by atoms with Crippen molar-refractivity contribution in [1.82, 2.24) is 19.2 Å². The standard InChI is InChI=1S/C29H27FN4O/c30-27-4-2-1-3-25(27)21-33-13-11-24-19-23(7-10-29(24)33)28-12-14-34(31-28)26-8-5-22(6-9-26)20-32-15-17-35-18-16-32/h1-14,19H,15-18,20-21H2. The normalized spacial score (nSPS) is 14.5. The third kappa shape index (κ3) is 4.63. The molecule has 3 aromatic carbocycles. The fourth-order valence-electron chi connectivity index (χ4n) is 4.70. The van der Waals surface area contributed by atoms with E-state index >= 15 is 0 Å². The Hall–Kier alpha value is -3.74. The summed E-state index contributed by atoms with van der Waals surface area (Å²) in [6, 6.07) is 26.0. The quantitative estimate of drug-likeness (QED) is 0.331. The van der Waals surface area contributed by atoms with Crippen molar-refractivity contribution in [3.63, 3.8) is 0 Å². The lowest BCUT2D eigenvalue weighted by Crippen LogP contribution is -2.35. The van der Waals surface area contributed by atoms with Crippen LogP contribution in [0.5, 0.6) is 0 Å². The number of hydrogen-bond donors (Lipinski definition) is 0. The van der Waals surface area contributed by atoms with Crippen LogP contribution in [0.2, 0.25) is 0 Å². The summed E-state index contributed by atoms with van der Waals surface area (Å²) >= 11 is 0. The number of fused-ring (bicyclic) bond motifs is 1. The van der Waals surface area contributed by atoms with Gasteiger partial charge in [-0.2, -0.15) is 5.10 Å². The van der Waals surface area contributed by atoms with Crippen molar-refractivity contribution in [2.75, 3.05) is 26.3 Å². The summed E-state index contributed by atoms with van der Waals surface area (Å²) in [4.78, 5) is 2.42. The first-order chi connectivity index (χ1) is 17.2. The Balaban J connectivity index is 1.19. The molecule has 0 spiro atoms. The molecule has 176 valence electrons. The molecule has 5 aromatic rings. The van der Waals surface area contributed by atoms with Gasteiger partial charge in [0.05, 0.1) is 31.1 Å². The highest BCUT2D eigenvalue weighted by Gasteiger charge is 2.12. The number of hydrogen-bond acceptors (Lipinski definition) is 3. The van der Waals surface area contributed by atoms with Crippen LogP contribution in [0.25, 0.3) is 27.8 Å². The number of ether oxygens (including phenoxy) is 1. The maximum absolute atomic E-state index is 14.1. The van der Waals surface area contributed by atoms with Crippen molar-refractivity contribution < 1.29 is 9.13 Å². The lowest BCUT2D eigenvalue weighted by Gasteiger charge is -2.26. The van der Waals surface area contributed by atoms with Gasteiger partial charge in [-0.1, -0.05) is 36.4 Å². The first-order valence-corrected chi connectivity index (χ1v) is 12.0. The zero-order valence-corrected chi connectivity index (χ0v) is 19.5. The van der Waals surface area contributed by atoms with Gasteiger partial charge < -0.3 is 9.30 Å². The molecule has 2 aromatic heterocycles. The van der Waals surface area contributed by atoms with Crippen LogP contribution >= 0.6 is 0 Å². The van der Waals surface area contributed by atoms with E-state index in [4.69, 9.17) is 9.84 Å². The summed E-state index contributed by atoms with van der Waals surface area (Å²) in [7, 11) is 0. The van der Waals surface area contributed by atoms with Gasteiger partial charge in [0, 0.05) is 54.1 Å². The number of aromatic nitrogens is 3. The summed E-state index contributed by atoms with van der Waals surface area (Å²) in [5.41, 5.74) is 6.08. The second-order valence-electron chi connectivity index (χ2n) is 9.01. The van der Waals surface area contributed by atoms with Gasteiger partial charge in [-0.25, -0.2) is 9.07 Å². The summed E-state index contributed by atoms with van der Waals surface area (Å²) in [6.45, 7) is 5.06. The van der Waals surface area contributed by atoms with Crippen molar-refractivity contribution in [2.24, 2.45) is 0 Å². The van der Waals surface area contributed by atoms with Crippen molar-refractivity contribution in [3.8, 4) is 16.9 Å². The van der Waals surface area contributed by atoms with Crippen LogP contribution in [0, 0.1) is 5.82 Å². The maximum Gasteiger partial charge on any atom is 0.128 e. The SMILES string of the molecule is Fc1ccccc1Cn1ccc2cc(-c3ccn(-c4ccc(CN5CCOCC5)cc4)n3)ccc21. The fourth-order valence-corrected chi connectivity index (χ4v) is 4.70. The van der Waals surface area contributed by atoms with Crippen molar-refractivity contribution in [1.29, 1.82) is 0 Å². The molecule has 0 bridgehead atoms. The number of halogens is 1. The molecule has 0 radical (unpaired) electrons. The molecule has 0 saturated carbocycles. The topological polar surface area (TPSA) is 35.2 Å². The van der Waals surface area contributed by atoms with Gasteiger partial charge in [0.25, 0.3) is 0 Å². The van der Waals surface area contributed by atoms with E-state index in [0.29, 0.717) is 12.1 Å². The molecule has 0 N–H and O–H groups in total. The molecule has 1 saturated heterocycles. The largest absolute Gasteiger partial charge is 0.379 e. The molecule has 0 amide bonds. The molecule has 0 unspecified atom stereocenters. The second kappa shape index (κ2) is 9.49. The van der Waals surface area contributed by atoms with E-state index < -0.39 is 0 Å². The van der Waals surface area contributed by atoms with E-state index in [9.17, 15) is 4.39 Å². The number of morpholine rings is 1. The summed E-state index contributed by atoms with van der Waals surface area (Å²) in [5, 5.41) is 5.93. The lowest BCUT2D eigenvalue weighted by atomic mass is 10.1. The predicted octanol–water partition coefficient (Wildman–Crippen LogP) is 5.51. The highest BCUT2D eigenvalue weighted by atomic mass is 19.1. The third-order valence-corrected chi connectivity index (χ3v) is 6.67. The molecule has 0 atom stereocenters. The van der Waals surface area contributed by atoms with Gasteiger partial charge in [0.2, 0.25) is 0 Å². The van der Waals surface area contributed by atoms with Crippen LogP contribution in [0.1, 0.15) is 11.1 Å². The molecular formula is C29H27FN4O. The fraction of sp³-hybridized carbons (Fsp3) is 0.207. The molecule has 35 heavy (non-hydrogen) atoms. The molecule has 5 nitrogen and oxygen atoms in total. The molecule has 3 heterocycles. The van der Waals surface area contributed by atoms with E-state index in [0.717, 1.165) is 60.7 Å². The Labute approximate surface area is 204 Å². The second-order valence-corrected chi connectivity index (χ2v) is 9.01. The molecule has 1 fully saturated rings. The van der Waals surface area contributed by atoms with Crippen molar-refractivity contribution in [3.05, 3.63) is 108 Å². The molecule has 6 rings (SSSR count). The van der Waals surface area contributed by atoms with Crippen LogP contribution in [0.15, 0.2) is 91.3 Å². The van der Waals surface area contributed by atoms with E-state index in [1.807, 2.05) is 35.3 Å². The number of nitrogens with zero attached hydrogens (tertiary/aromatic N) is 4. The highest BCUT2D eigenvalue weighted by molar-refractivity contribution is 5.85. The van der Waals surface area contributed by atoms with E-state index in [1.54, 1.807) is 6.07 Å². The molecular weight excluding hydrogens is 439 g/mol. The Morgan fingerprint density at radius 3 is 2.49 bits per heavy atom. The first kappa shape index (κ1) is 21.8. The van der Waals surface area contributed by atoms with Gasteiger partial charge in [0.15, 0.2) is 0 Å². The van der Waals surface area contributed by atoms with Crippen molar-refractivity contribution >= 4 is 10.9 Å². The first-order valence-electron chi connectivity index (χ1n) is 12.0. The minimum Gasteiger partial charge on any atom is -0.379 e. The van der Waals surface area contributed by atoms with E-state index in [1.165, 1.54) is 11.6 Å². The maximum atomic E-state index is 14.1. The van der Waals surface area contributed by atoms with E-state index in [-0.39, 0.29) is 5.82 Å². The van der Waals surface area contributed by atoms with E-state index in [2.05, 4.69) is 58.0 Å². The third-order valence-electron chi connectivity index (χ3n) is 6.67. The van der Waals surface area contributed by atoms with Gasteiger partial charge >= 0.3 is 0 Å². The van der Waals surface area contributed by atoms with Crippen LogP contribution in [-0.2, 0) is 17.8 Å². The minimum absolute atomic E-state index is 0.175. The Morgan fingerprint density at radius 1 is 0.829 bits per heavy atom. The van der Waals surface area contributed by atoms with Crippen LogP contribution < -0.4 is 0 Å². The van der Waals surface area contributed by atoms with Gasteiger partial charge in [0.1, 0.15) is 5.82 Å². The van der Waals surface area contributed by atoms with Crippen LogP contribution in [0.4, 0.5) is 4.39 Å². The van der Waals surface area contributed by atoms with Gasteiger partial charge in [-0.15, -0.1) is 0 Å². The van der Waals surface area contributed by atoms with Crippen LogP contribution in [0.3, 0.4) is 0 Å². The van der Waals surface area contributed by atoms with Gasteiger partial charge in [-0.3, -0.25) is 4.90 Å². The minimum atomic E-state index is -0.175. The Kier molecular flexibility index (Phi) is 5.90. The average Bonchev–Trinajstić information content (AvgIpc) is 3.54. The Bertz CT molecular complexity index is 1450. The predicted molar refractivity (Wildman–Crippen MR) is 136 cm³/mol. The monoisotopic (exact) mass is 466 g/mol. The smallest absolute Gasteiger partial charge is 0.128 e. The molecule has 6 heteroatoms. The summed E-state index contributed by atoms with van der Waals surface area (Å²) in [6.07, 6.45) is 4.01. The molecule has 1 aliphatic rings. The summed E-state index contributed by atoms with van der Waals surface area (Å²) < 4.78 is 23.5. The Morgan fingerprint density at radius 2 is 1.66 bits per heavy atom. The number of rotatable bonds is 6. The highest BCUT2D eigenvalue weighted by Crippen LogP contribution is 2.26. The zero-order valence-electron chi connectivity index (χ0n) is 19.5. The zero-order chi connectivity index (χ0) is 23.6. The number of benzene rings is 3. The van der Waals surface area contributed by atoms with Gasteiger partial charge in [-0.05, 0) is 48.0 Å². The van der Waals surface area contributed by atoms with Crippen LogP contribution in [-0.4, -0.2) is 45.6 Å². The average molecular weight is 467 g/mol. The molecule has 1 aliphatic heterocycles. The summed E-state index contributed by atoms with van der Waals surface area (Å²) in [5.74, 6) is -0.175. The lowest BCUT2D eigenvalue weighted by molar-refractivity contribution is 0.0342.